The Morgan fingerprint density at radius 1 is 1.39 bits per heavy atom. The van der Waals surface area contributed by atoms with E-state index >= 15 is 0 Å². The lowest BCUT2D eigenvalue weighted by Crippen LogP contribution is -2.47. The number of carboxylic acid groups (broad SMARTS) is 1. The molecule has 0 spiro atoms. The van der Waals surface area contributed by atoms with E-state index in [-0.39, 0.29) is 25.0 Å². The molecule has 1 heterocycles. The maximum atomic E-state index is 11.9. The third-order valence-electron chi connectivity index (χ3n) is 3.72. The highest BCUT2D eigenvalue weighted by Gasteiger charge is 2.43. The third kappa shape index (κ3) is 2.75. The quantitative estimate of drug-likeness (QED) is 0.679. The Kier molecular flexibility index (Phi) is 3.75. The molecule has 4 unspecified atom stereocenters. The number of hydrogen-bond acceptors (Lipinski definition) is 3. The van der Waals surface area contributed by atoms with Crippen molar-refractivity contribution >= 4 is 12.0 Å². The Morgan fingerprint density at radius 3 is 2.72 bits per heavy atom. The molecule has 4 atom stereocenters. The van der Waals surface area contributed by atoms with Crippen LogP contribution in [0, 0.1) is 5.92 Å². The minimum Gasteiger partial charge on any atom is -0.480 e. The minimum absolute atomic E-state index is 0.105. The fourth-order valence-corrected chi connectivity index (χ4v) is 2.63. The molecule has 1 saturated carbocycles. The molecule has 6 heteroatoms. The maximum absolute atomic E-state index is 11.9. The number of urea groups is 1. The number of nitrogens with one attached hydrogen (secondary N) is 1. The molecule has 2 amide bonds. The van der Waals surface area contributed by atoms with Crippen molar-refractivity contribution in [2.24, 2.45) is 5.92 Å². The number of aliphatic hydroxyl groups is 1. The zero-order chi connectivity index (χ0) is 13.3. The fraction of sp³-hybridized carbons (Fsp3) is 0.833. The van der Waals surface area contributed by atoms with Gasteiger partial charge in [0.25, 0.3) is 0 Å². The third-order valence-corrected chi connectivity index (χ3v) is 3.72. The van der Waals surface area contributed by atoms with E-state index in [1.807, 2.05) is 0 Å². The van der Waals surface area contributed by atoms with E-state index in [1.165, 1.54) is 4.90 Å². The lowest BCUT2D eigenvalue weighted by molar-refractivity contribution is -0.141. The fourth-order valence-electron chi connectivity index (χ4n) is 2.63. The lowest BCUT2D eigenvalue weighted by atomic mass is 10.2. The van der Waals surface area contributed by atoms with Gasteiger partial charge in [0, 0.05) is 19.0 Å². The van der Waals surface area contributed by atoms with Crippen molar-refractivity contribution in [3.8, 4) is 0 Å². The summed E-state index contributed by atoms with van der Waals surface area (Å²) < 4.78 is 0. The van der Waals surface area contributed by atoms with Crippen molar-refractivity contribution in [2.75, 3.05) is 6.54 Å². The van der Waals surface area contributed by atoms with Gasteiger partial charge in [0.2, 0.25) is 0 Å². The molecule has 2 fully saturated rings. The Hall–Kier alpha value is -1.30. The lowest BCUT2D eigenvalue weighted by Gasteiger charge is -2.21. The number of likely N-dealkylation sites (tertiary alicyclic amines) is 1. The van der Waals surface area contributed by atoms with Gasteiger partial charge in [-0.1, -0.05) is 13.3 Å². The first-order valence-corrected chi connectivity index (χ1v) is 6.51. The van der Waals surface area contributed by atoms with Crippen LogP contribution >= 0.6 is 0 Å². The molecule has 0 aromatic carbocycles. The Morgan fingerprint density at radius 2 is 2.11 bits per heavy atom. The summed E-state index contributed by atoms with van der Waals surface area (Å²) in [6, 6.07) is -1.07. The molecule has 102 valence electrons. The van der Waals surface area contributed by atoms with Crippen molar-refractivity contribution < 1.29 is 19.8 Å². The van der Waals surface area contributed by atoms with E-state index in [0.717, 1.165) is 19.3 Å². The minimum atomic E-state index is -1.05. The van der Waals surface area contributed by atoms with Crippen LogP contribution < -0.4 is 5.32 Å². The van der Waals surface area contributed by atoms with E-state index in [0.29, 0.717) is 5.92 Å². The number of carboxylic acids is 1. The summed E-state index contributed by atoms with van der Waals surface area (Å²) in [6.45, 7) is 2.21. The topological polar surface area (TPSA) is 89.9 Å². The number of aliphatic hydroxyl groups excluding tert-OH is 1. The van der Waals surface area contributed by atoms with Gasteiger partial charge in [-0.15, -0.1) is 0 Å². The smallest absolute Gasteiger partial charge is 0.326 e. The summed E-state index contributed by atoms with van der Waals surface area (Å²) in [6.07, 6.45) is 2.55. The molecule has 0 radical (unpaired) electrons. The zero-order valence-corrected chi connectivity index (χ0v) is 10.5. The van der Waals surface area contributed by atoms with Gasteiger partial charge in [0.15, 0.2) is 0 Å². The Labute approximate surface area is 106 Å². The first-order chi connectivity index (χ1) is 8.52. The summed E-state index contributed by atoms with van der Waals surface area (Å²) in [4.78, 5) is 24.2. The number of carbonyl (C=O) groups is 2. The molecule has 0 aromatic heterocycles. The van der Waals surface area contributed by atoms with Crippen LogP contribution in [-0.2, 0) is 4.79 Å². The maximum Gasteiger partial charge on any atom is 0.326 e. The normalized spacial score (nSPS) is 34.4. The second-order valence-corrected chi connectivity index (χ2v) is 5.24. The molecule has 6 nitrogen and oxygen atoms in total. The molecule has 1 saturated heterocycles. The van der Waals surface area contributed by atoms with Crippen LogP contribution in [0.5, 0.6) is 0 Å². The molecule has 0 bridgehead atoms. The number of nitrogens with zero attached hydrogens (tertiary/aromatic N) is 1. The number of amides is 2. The van der Waals surface area contributed by atoms with Gasteiger partial charge < -0.3 is 20.4 Å². The summed E-state index contributed by atoms with van der Waals surface area (Å²) in [5.74, 6) is -0.516. The zero-order valence-electron chi connectivity index (χ0n) is 10.5. The van der Waals surface area contributed by atoms with Crippen molar-refractivity contribution in [2.45, 2.75) is 50.8 Å². The van der Waals surface area contributed by atoms with Gasteiger partial charge in [-0.25, -0.2) is 9.59 Å². The predicted molar refractivity (Wildman–Crippen MR) is 64.1 cm³/mol. The standard InChI is InChI=1S/C12H20N2O4/c1-2-3-7-4-9(7)13-12(18)14-6-8(15)5-10(14)11(16)17/h7-10,15H,2-6H2,1H3,(H,13,18)(H,16,17). The van der Waals surface area contributed by atoms with Crippen LogP contribution in [0.4, 0.5) is 4.79 Å². The summed E-state index contributed by atoms with van der Waals surface area (Å²) in [5, 5.41) is 21.3. The van der Waals surface area contributed by atoms with Gasteiger partial charge in [-0.05, 0) is 18.8 Å². The monoisotopic (exact) mass is 256 g/mol. The average molecular weight is 256 g/mol. The van der Waals surface area contributed by atoms with E-state index in [9.17, 15) is 14.7 Å². The molecule has 0 aromatic rings. The summed E-state index contributed by atoms with van der Waals surface area (Å²) in [7, 11) is 0. The first-order valence-electron chi connectivity index (χ1n) is 6.51. The number of carbonyl (C=O) groups excluding carboxylic acids is 1. The number of rotatable bonds is 4. The molecular weight excluding hydrogens is 236 g/mol. The Balaban J connectivity index is 1.87. The molecular formula is C12H20N2O4. The molecule has 2 aliphatic rings. The van der Waals surface area contributed by atoms with Gasteiger partial charge in [-0.3, -0.25) is 0 Å². The Bertz CT molecular complexity index is 347. The van der Waals surface area contributed by atoms with Crippen LogP contribution in [-0.4, -0.2) is 51.8 Å². The van der Waals surface area contributed by atoms with Gasteiger partial charge in [-0.2, -0.15) is 0 Å². The highest BCUT2D eigenvalue weighted by molar-refractivity contribution is 5.83. The van der Waals surface area contributed by atoms with Crippen LogP contribution in [0.15, 0.2) is 0 Å². The molecule has 1 aliphatic carbocycles. The van der Waals surface area contributed by atoms with Crippen LogP contribution in [0.25, 0.3) is 0 Å². The molecule has 3 N–H and O–H groups in total. The number of hydrogen-bond donors (Lipinski definition) is 3. The van der Waals surface area contributed by atoms with Gasteiger partial charge in [0.1, 0.15) is 6.04 Å². The predicted octanol–water partition coefficient (Wildman–Crippen LogP) is 0.404. The molecule has 2 rings (SSSR count). The van der Waals surface area contributed by atoms with E-state index in [1.54, 1.807) is 0 Å². The van der Waals surface area contributed by atoms with Crippen molar-refractivity contribution in [3.63, 3.8) is 0 Å². The molecule has 1 aliphatic heterocycles. The van der Waals surface area contributed by atoms with Crippen LogP contribution in [0.1, 0.15) is 32.6 Å². The number of β-amino-alcohol motifs (C(OH)–C–C–N with tert-alkyl or cyclic N) is 1. The van der Waals surface area contributed by atoms with Crippen molar-refractivity contribution in [1.82, 2.24) is 10.2 Å². The highest BCUT2D eigenvalue weighted by atomic mass is 16.4. The second kappa shape index (κ2) is 5.14. The van der Waals surface area contributed by atoms with Gasteiger partial charge >= 0.3 is 12.0 Å². The highest BCUT2D eigenvalue weighted by Crippen LogP contribution is 2.34. The van der Waals surface area contributed by atoms with Crippen LogP contribution in [0.3, 0.4) is 0 Å². The summed E-state index contributed by atoms with van der Waals surface area (Å²) >= 11 is 0. The van der Waals surface area contributed by atoms with E-state index in [4.69, 9.17) is 5.11 Å². The average Bonchev–Trinajstić information content (AvgIpc) is 2.88. The number of aliphatic carboxylic acids is 1. The van der Waals surface area contributed by atoms with Crippen molar-refractivity contribution in [1.29, 1.82) is 0 Å². The van der Waals surface area contributed by atoms with E-state index in [2.05, 4.69) is 12.2 Å². The second-order valence-electron chi connectivity index (χ2n) is 5.24. The van der Waals surface area contributed by atoms with E-state index < -0.39 is 18.1 Å². The largest absolute Gasteiger partial charge is 0.480 e. The summed E-state index contributed by atoms with van der Waals surface area (Å²) in [5.41, 5.74) is 0. The van der Waals surface area contributed by atoms with Gasteiger partial charge in [0.05, 0.1) is 6.10 Å². The first kappa shape index (κ1) is 13.1. The van der Waals surface area contributed by atoms with Crippen LogP contribution in [0.2, 0.25) is 0 Å². The molecule has 18 heavy (non-hydrogen) atoms. The van der Waals surface area contributed by atoms with Crippen molar-refractivity contribution in [3.05, 3.63) is 0 Å². The SMILES string of the molecule is CCCC1CC1NC(=O)N1CC(O)CC1C(=O)O.